The summed E-state index contributed by atoms with van der Waals surface area (Å²) in [5, 5.41) is 10.5. The maximum atomic E-state index is 10.5. The quantitative estimate of drug-likeness (QED) is 0.789. The zero-order valence-corrected chi connectivity index (χ0v) is 11.1. The Labute approximate surface area is 117 Å². The zero-order chi connectivity index (χ0) is 13.5. The second-order valence-corrected chi connectivity index (χ2v) is 5.49. The van der Waals surface area contributed by atoms with E-state index < -0.39 is 6.10 Å². The predicted molar refractivity (Wildman–Crippen MR) is 77.4 cm³/mol. The summed E-state index contributed by atoms with van der Waals surface area (Å²) in [6.07, 6.45) is 4.46. The van der Waals surface area contributed by atoms with Crippen molar-refractivity contribution >= 4 is 5.65 Å². The topological polar surface area (TPSA) is 37.5 Å². The average Bonchev–Trinajstić information content (AvgIpc) is 3.18. The van der Waals surface area contributed by atoms with Crippen LogP contribution in [-0.2, 0) is 0 Å². The Balaban J connectivity index is 1.58. The molecule has 1 aliphatic rings. The van der Waals surface area contributed by atoms with Gasteiger partial charge in [0, 0.05) is 12.4 Å². The second kappa shape index (κ2) is 4.46. The van der Waals surface area contributed by atoms with Crippen molar-refractivity contribution in [3.8, 4) is 0 Å². The highest BCUT2D eigenvalue weighted by Crippen LogP contribution is 2.53. The van der Waals surface area contributed by atoms with E-state index in [-0.39, 0.29) is 0 Å². The van der Waals surface area contributed by atoms with Gasteiger partial charge >= 0.3 is 0 Å². The number of aromatic nitrogens is 2. The molecule has 1 fully saturated rings. The molecule has 3 unspecified atom stereocenters. The molecule has 2 aromatic heterocycles. The Bertz CT molecular complexity index is 702. The summed E-state index contributed by atoms with van der Waals surface area (Å²) in [6, 6.07) is 16.3. The van der Waals surface area contributed by atoms with E-state index in [1.807, 2.05) is 41.1 Å². The first-order valence-electron chi connectivity index (χ1n) is 6.99. The van der Waals surface area contributed by atoms with E-state index in [1.54, 1.807) is 0 Å². The van der Waals surface area contributed by atoms with Crippen LogP contribution in [0.2, 0.25) is 0 Å². The number of benzene rings is 1. The molecule has 1 N–H and O–H groups in total. The highest BCUT2D eigenvalue weighted by molar-refractivity contribution is 5.40. The van der Waals surface area contributed by atoms with Crippen LogP contribution in [0.4, 0.5) is 0 Å². The predicted octanol–water partition coefficient (Wildman–Crippen LogP) is 3.17. The molecule has 0 radical (unpaired) electrons. The van der Waals surface area contributed by atoms with E-state index in [2.05, 4.69) is 29.2 Å². The van der Waals surface area contributed by atoms with E-state index in [0.29, 0.717) is 11.8 Å². The molecular formula is C17H16N2O. The fraction of sp³-hybridized carbons (Fsp3) is 0.235. The molecule has 1 aliphatic carbocycles. The monoisotopic (exact) mass is 264 g/mol. The van der Waals surface area contributed by atoms with Gasteiger partial charge in [-0.1, -0.05) is 36.4 Å². The lowest BCUT2D eigenvalue weighted by atomic mass is 10.1. The van der Waals surface area contributed by atoms with Crippen molar-refractivity contribution in [1.82, 2.24) is 9.38 Å². The van der Waals surface area contributed by atoms with Crippen molar-refractivity contribution in [2.75, 3.05) is 0 Å². The summed E-state index contributed by atoms with van der Waals surface area (Å²) in [4.78, 5) is 4.51. The van der Waals surface area contributed by atoms with Crippen molar-refractivity contribution in [2.45, 2.75) is 18.4 Å². The van der Waals surface area contributed by atoms with Crippen molar-refractivity contribution in [3.05, 3.63) is 72.2 Å². The van der Waals surface area contributed by atoms with E-state index in [1.165, 1.54) is 5.56 Å². The third kappa shape index (κ3) is 1.91. The van der Waals surface area contributed by atoms with E-state index in [9.17, 15) is 5.11 Å². The van der Waals surface area contributed by atoms with Crippen LogP contribution in [0.3, 0.4) is 0 Å². The van der Waals surface area contributed by atoms with Gasteiger partial charge in [-0.05, 0) is 36.0 Å². The number of rotatable bonds is 3. The number of pyridine rings is 1. The lowest BCUT2D eigenvalue weighted by Crippen LogP contribution is -2.01. The van der Waals surface area contributed by atoms with E-state index in [0.717, 1.165) is 17.8 Å². The smallest absolute Gasteiger partial charge is 0.137 e. The van der Waals surface area contributed by atoms with Gasteiger partial charge in [-0.3, -0.25) is 0 Å². The Kier molecular flexibility index (Phi) is 2.60. The van der Waals surface area contributed by atoms with Crippen molar-refractivity contribution < 1.29 is 5.11 Å². The van der Waals surface area contributed by atoms with Crippen LogP contribution in [0.5, 0.6) is 0 Å². The minimum Gasteiger partial charge on any atom is -0.386 e. The van der Waals surface area contributed by atoms with Gasteiger partial charge < -0.3 is 9.51 Å². The zero-order valence-electron chi connectivity index (χ0n) is 11.1. The van der Waals surface area contributed by atoms with Gasteiger partial charge in [0.1, 0.15) is 11.8 Å². The van der Waals surface area contributed by atoms with Crippen molar-refractivity contribution in [2.24, 2.45) is 5.92 Å². The lowest BCUT2D eigenvalue weighted by molar-refractivity contribution is 0.147. The summed E-state index contributed by atoms with van der Waals surface area (Å²) in [5.41, 5.74) is 2.98. The first kappa shape index (κ1) is 11.7. The summed E-state index contributed by atoms with van der Waals surface area (Å²) >= 11 is 0. The SMILES string of the molecule is OC(c1cn2ccccc2n1)C1CC1c1ccccc1. The van der Waals surface area contributed by atoms with E-state index >= 15 is 0 Å². The number of hydrogen-bond donors (Lipinski definition) is 1. The number of hydrogen-bond acceptors (Lipinski definition) is 2. The normalized spacial score (nSPS) is 22.9. The number of fused-ring (bicyclic) bond motifs is 1. The fourth-order valence-corrected chi connectivity index (χ4v) is 2.96. The molecule has 1 aromatic carbocycles. The Morgan fingerprint density at radius 3 is 2.70 bits per heavy atom. The molecule has 3 atom stereocenters. The maximum Gasteiger partial charge on any atom is 0.137 e. The highest BCUT2D eigenvalue weighted by atomic mass is 16.3. The Morgan fingerprint density at radius 1 is 1.10 bits per heavy atom. The second-order valence-electron chi connectivity index (χ2n) is 5.49. The number of imidazole rings is 1. The minimum atomic E-state index is -0.472. The average molecular weight is 264 g/mol. The summed E-state index contributed by atoms with van der Waals surface area (Å²) in [5.74, 6) is 0.762. The molecule has 20 heavy (non-hydrogen) atoms. The molecular weight excluding hydrogens is 248 g/mol. The van der Waals surface area contributed by atoms with E-state index in [4.69, 9.17) is 0 Å². The Hall–Kier alpha value is -2.13. The molecule has 0 aliphatic heterocycles. The molecule has 3 nitrogen and oxygen atoms in total. The molecule has 0 amide bonds. The molecule has 3 heteroatoms. The molecule has 4 rings (SSSR count). The van der Waals surface area contributed by atoms with Crippen molar-refractivity contribution in [1.29, 1.82) is 0 Å². The van der Waals surface area contributed by atoms with Crippen LogP contribution < -0.4 is 0 Å². The van der Waals surface area contributed by atoms with Crippen LogP contribution in [-0.4, -0.2) is 14.5 Å². The molecule has 0 spiro atoms. The van der Waals surface area contributed by atoms with Gasteiger partial charge in [-0.2, -0.15) is 0 Å². The summed E-state index contributed by atoms with van der Waals surface area (Å²) < 4.78 is 1.96. The summed E-state index contributed by atoms with van der Waals surface area (Å²) in [6.45, 7) is 0. The first-order chi connectivity index (χ1) is 9.83. The largest absolute Gasteiger partial charge is 0.386 e. The third-order valence-corrected chi connectivity index (χ3v) is 4.16. The van der Waals surface area contributed by atoms with Gasteiger partial charge in [0.25, 0.3) is 0 Å². The third-order valence-electron chi connectivity index (χ3n) is 4.16. The standard InChI is InChI=1S/C17H16N2O/c20-17(14-10-13(14)12-6-2-1-3-7-12)15-11-19-9-5-4-8-16(19)18-15/h1-9,11,13-14,17,20H,10H2. The first-order valence-corrected chi connectivity index (χ1v) is 6.99. The van der Waals surface area contributed by atoms with Crippen LogP contribution in [0.15, 0.2) is 60.9 Å². The number of aliphatic hydroxyl groups is 1. The van der Waals surface area contributed by atoms with Gasteiger partial charge in [0.15, 0.2) is 0 Å². The van der Waals surface area contributed by atoms with Gasteiger partial charge in [-0.15, -0.1) is 0 Å². The molecule has 1 saturated carbocycles. The maximum absolute atomic E-state index is 10.5. The minimum absolute atomic E-state index is 0.294. The van der Waals surface area contributed by atoms with Crippen molar-refractivity contribution in [3.63, 3.8) is 0 Å². The van der Waals surface area contributed by atoms with Gasteiger partial charge in [0.2, 0.25) is 0 Å². The van der Waals surface area contributed by atoms with Gasteiger partial charge in [0.05, 0.1) is 5.69 Å². The van der Waals surface area contributed by atoms with Crippen LogP contribution in [0, 0.1) is 5.92 Å². The fourth-order valence-electron chi connectivity index (χ4n) is 2.96. The van der Waals surface area contributed by atoms with Crippen LogP contribution in [0.1, 0.15) is 29.7 Å². The van der Waals surface area contributed by atoms with Crippen LogP contribution in [0.25, 0.3) is 5.65 Å². The van der Waals surface area contributed by atoms with Gasteiger partial charge in [-0.25, -0.2) is 4.98 Å². The molecule has 0 bridgehead atoms. The number of nitrogens with zero attached hydrogens (tertiary/aromatic N) is 2. The molecule has 3 aromatic rings. The molecule has 100 valence electrons. The van der Waals surface area contributed by atoms with Crippen LogP contribution >= 0.6 is 0 Å². The molecule has 0 saturated heterocycles. The summed E-state index contributed by atoms with van der Waals surface area (Å²) in [7, 11) is 0. The highest BCUT2D eigenvalue weighted by Gasteiger charge is 2.44. The number of aliphatic hydroxyl groups excluding tert-OH is 1. The molecule has 2 heterocycles. The lowest BCUT2D eigenvalue weighted by Gasteiger charge is -2.06. The Morgan fingerprint density at radius 2 is 1.90 bits per heavy atom.